The number of anilines is 1. The number of sulfone groups is 1. The summed E-state index contributed by atoms with van der Waals surface area (Å²) in [6.45, 7) is 0. The van der Waals surface area contributed by atoms with Crippen LogP contribution in [0, 0.1) is 0 Å². The Morgan fingerprint density at radius 3 is 2.16 bits per heavy atom. The summed E-state index contributed by atoms with van der Waals surface area (Å²) in [6, 6.07) is 9.23. The topological polar surface area (TPSA) is 130 Å². The number of carbonyl (C=O) groups is 1. The zero-order valence-electron chi connectivity index (χ0n) is 17.8. The van der Waals surface area contributed by atoms with Crippen LogP contribution in [0.2, 0.25) is 0 Å². The highest BCUT2D eigenvalue weighted by Gasteiger charge is 2.14. The molecule has 168 valence electrons. The summed E-state index contributed by atoms with van der Waals surface area (Å²) in [4.78, 5) is 12.4. The van der Waals surface area contributed by atoms with Crippen LogP contribution < -0.4 is 19.5 Å². The van der Waals surface area contributed by atoms with E-state index in [2.05, 4.69) is 15.5 Å². The first-order valence-electron chi connectivity index (χ1n) is 9.18. The van der Waals surface area contributed by atoms with Crippen molar-refractivity contribution >= 4 is 27.8 Å². The van der Waals surface area contributed by atoms with Crippen molar-refractivity contribution in [2.75, 3.05) is 32.9 Å². The van der Waals surface area contributed by atoms with Crippen LogP contribution in [0.5, 0.6) is 17.2 Å². The summed E-state index contributed by atoms with van der Waals surface area (Å²) in [5.74, 6) is 0.987. The number of methoxy groups -OCH3 is 3. The van der Waals surface area contributed by atoms with Gasteiger partial charge in [0, 0.05) is 17.9 Å². The maximum Gasteiger partial charge on any atom is 0.322 e. The van der Waals surface area contributed by atoms with Gasteiger partial charge in [0.1, 0.15) is 0 Å². The van der Waals surface area contributed by atoms with Gasteiger partial charge in [-0.2, -0.15) is 0 Å². The molecule has 0 saturated heterocycles. The Balaban J connectivity index is 1.71. The second-order valence-electron chi connectivity index (χ2n) is 6.49. The second kappa shape index (κ2) is 9.52. The predicted molar refractivity (Wildman–Crippen MR) is 117 cm³/mol. The van der Waals surface area contributed by atoms with Crippen molar-refractivity contribution in [3.8, 4) is 28.7 Å². The Morgan fingerprint density at radius 2 is 1.62 bits per heavy atom. The summed E-state index contributed by atoms with van der Waals surface area (Å²) in [5.41, 5.74) is 1.16. The van der Waals surface area contributed by atoms with Gasteiger partial charge in [0.2, 0.25) is 11.6 Å². The van der Waals surface area contributed by atoms with Crippen LogP contribution in [0.15, 0.2) is 51.8 Å². The van der Waals surface area contributed by atoms with Gasteiger partial charge < -0.3 is 18.6 Å². The van der Waals surface area contributed by atoms with Gasteiger partial charge in [-0.25, -0.2) is 8.42 Å². The molecule has 0 bridgehead atoms. The van der Waals surface area contributed by atoms with E-state index in [9.17, 15) is 13.2 Å². The van der Waals surface area contributed by atoms with Gasteiger partial charge in [-0.15, -0.1) is 5.10 Å². The lowest BCUT2D eigenvalue weighted by Gasteiger charge is -2.12. The fourth-order valence-electron chi connectivity index (χ4n) is 2.75. The molecule has 0 unspecified atom stereocenters. The molecule has 0 spiro atoms. The van der Waals surface area contributed by atoms with Gasteiger partial charge in [-0.05, 0) is 48.0 Å². The number of carbonyl (C=O) groups excluding carboxylic acids is 1. The highest BCUT2D eigenvalue weighted by molar-refractivity contribution is 7.90. The molecule has 0 radical (unpaired) electrons. The first kappa shape index (κ1) is 22.8. The number of hydrogen-bond acceptors (Lipinski definition) is 9. The monoisotopic (exact) mass is 459 g/mol. The van der Waals surface area contributed by atoms with Crippen molar-refractivity contribution in [2.24, 2.45) is 0 Å². The number of nitrogens with zero attached hydrogens (tertiary/aromatic N) is 2. The molecular formula is C21H21N3O7S. The minimum Gasteiger partial charge on any atom is -0.493 e. The molecule has 1 aromatic heterocycles. The minimum absolute atomic E-state index is 0.105. The summed E-state index contributed by atoms with van der Waals surface area (Å²) in [5, 5.41) is 10.1. The van der Waals surface area contributed by atoms with E-state index in [1.165, 1.54) is 39.5 Å². The van der Waals surface area contributed by atoms with Crippen molar-refractivity contribution in [1.82, 2.24) is 10.2 Å². The van der Waals surface area contributed by atoms with E-state index >= 15 is 0 Å². The Labute approximate surface area is 184 Å². The lowest BCUT2D eigenvalue weighted by molar-refractivity contribution is -0.112. The number of nitrogens with one attached hydrogen (secondary N) is 1. The first-order chi connectivity index (χ1) is 15.2. The average molecular weight is 459 g/mol. The lowest BCUT2D eigenvalue weighted by Crippen LogP contribution is -2.07. The van der Waals surface area contributed by atoms with E-state index < -0.39 is 15.7 Å². The van der Waals surface area contributed by atoms with E-state index in [1.807, 2.05) is 0 Å². The molecule has 0 aliphatic carbocycles. The van der Waals surface area contributed by atoms with E-state index in [0.29, 0.717) is 28.4 Å². The molecule has 0 saturated carbocycles. The van der Waals surface area contributed by atoms with Gasteiger partial charge in [0.25, 0.3) is 5.91 Å². The minimum atomic E-state index is -3.31. The van der Waals surface area contributed by atoms with E-state index in [4.69, 9.17) is 18.6 Å². The summed E-state index contributed by atoms with van der Waals surface area (Å²) >= 11 is 0. The maximum absolute atomic E-state index is 12.2. The maximum atomic E-state index is 12.2. The highest BCUT2D eigenvalue weighted by Crippen LogP contribution is 2.38. The zero-order chi connectivity index (χ0) is 23.3. The molecule has 1 amide bonds. The molecule has 3 rings (SSSR count). The third-order valence-corrected chi connectivity index (χ3v) is 5.43. The molecule has 1 heterocycles. The molecule has 11 heteroatoms. The Morgan fingerprint density at radius 1 is 1.00 bits per heavy atom. The lowest BCUT2D eigenvalue weighted by atomic mass is 10.1. The van der Waals surface area contributed by atoms with Gasteiger partial charge in [0.05, 0.1) is 26.2 Å². The number of hydrogen-bond donors (Lipinski definition) is 1. The van der Waals surface area contributed by atoms with Crippen LogP contribution in [-0.4, -0.2) is 52.1 Å². The van der Waals surface area contributed by atoms with Crippen LogP contribution >= 0.6 is 0 Å². The first-order valence-corrected chi connectivity index (χ1v) is 11.1. The quantitative estimate of drug-likeness (QED) is 0.505. The molecular weight excluding hydrogens is 438 g/mol. The highest BCUT2D eigenvalue weighted by atomic mass is 32.2. The number of amides is 1. The third kappa shape index (κ3) is 5.24. The van der Waals surface area contributed by atoms with Crippen molar-refractivity contribution in [3.63, 3.8) is 0 Å². The largest absolute Gasteiger partial charge is 0.493 e. The number of aromatic nitrogens is 2. The molecule has 32 heavy (non-hydrogen) atoms. The van der Waals surface area contributed by atoms with Crippen molar-refractivity contribution in [2.45, 2.75) is 4.90 Å². The van der Waals surface area contributed by atoms with Gasteiger partial charge >= 0.3 is 6.01 Å². The Kier molecular flexibility index (Phi) is 6.79. The van der Waals surface area contributed by atoms with Crippen LogP contribution in [-0.2, 0) is 14.6 Å². The predicted octanol–water partition coefficient (Wildman–Crippen LogP) is 2.82. The van der Waals surface area contributed by atoms with E-state index in [0.717, 1.165) is 6.26 Å². The van der Waals surface area contributed by atoms with Crippen molar-refractivity contribution < 1.29 is 31.8 Å². The molecule has 3 aromatic rings. The molecule has 0 fully saturated rings. The molecule has 0 aliphatic heterocycles. The fourth-order valence-corrected chi connectivity index (χ4v) is 3.38. The third-order valence-electron chi connectivity index (χ3n) is 4.30. The van der Waals surface area contributed by atoms with Crippen LogP contribution in [0.1, 0.15) is 5.56 Å². The standard InChI is InChI=1S/C21H21N3O7S/c1-28-16-11-13(12-17(29-2)19(16)30-3)5-10-18(25)22-21-24-23-20(31-21)14-6-8-15(9-7-14)32(4,26)27/h5-12H,1-4H3,(H,22,24,25). The molecule has 1 N–H and O–H groups in total. The molecule has 0 aliphatic rings. The van der Waals surface area contributed by atoms with E-state index in [-0.39, 0.29) is 16.8 Å². The molecule has 10 nitrogen and oxygen atoms in total. The van der Waals surface area contributed by atoms with Gasteiger partial charge in [-0.3, -0.25) is 10.1 Å². The normalized spacial score (nSPS) is 11.4. The van der Waals surface area contributed by atoms with Crippen LogP contribution in [0.3, 0.4) is 0 Å². The number of ether oxygens (including phenoxy) is 3. The average Bonchev–Trinajstić information content (AvgIpc) is 3.24. The SMILES string of the molecule is COc1cc(C=CC(=O)Nc2nnc(-c3ccc(S(C)(=O)=O)cc3)o2)cc(OC)c1OC. The summed E-state index contributed by atoms with van der Waals surface area (Å²) in [6.07, 6.45) is 3.96. The van der Waals surface area contributed by atoms with Crippen LogP contribution in [0.25, 0.3) is 17.5 Å². The number of rotatable bonds is 8. The molecule has 2 aromatic carbocycles. The van der Waals surface area contributed by atoms with E-state index in [1.54, 1.807) is 30.3 Å². The zero-order valence-corrected chi connectivity index (χ0v) is 18.6. The fraction of sp³-hybridized carbons (Fsp3) is 0.190. The van der Waals surface area contributed by atoms with Gasteiger partial charge in [-0.1, -0.05) is 5.10 Å². The Hall–Kier alpha value is -3.86. The van der Waals surface area contributed by atoms with Gasteiger partial charge in [0.15, 0.2) is 21.3 Å². The summed E-state index contributed by atoms with van der Waals surface area (Å²) in [7, 11) is 1.19. The summed E-state index contributed by atoms with van der Waals surface area (Å²) < 4.78 is 44.4. The van der Waals surface area contributed by atoms with Crippen molar-refractivity contribution in [3.05, 3.63) is 48.0 Å². The number of benzene rings is 2. The Bertz CT molecular complexity index is 1220. The molecule has 0 atom stereocenters. The van der Waals surface area contributed by atoms with Crippen LogP contribution in [0.4, 0.5) is 6.01 Å². The second-order valence-corrected chi connectivity index (χ2v) is 8.51. The van der Waals surface area contributed by atoms with Crippen molar-refractivity contribution in [1.29, 1.82) is 0 Å². The smallest absolute Gasteiger partial charge is 0.322 e.